The van der Waals surface area contributed by atoms with Crippen LogP contribution >= 0.6 is 11.6 Å². The highest BCUT2D eigenvalue weighted by Gasteiger charge is 2.48. The second-order valence-electron chi connectivity index (χ2n) is 10.8. The topological polar surface area (TPSA) is 110 Å². The number of rotatable bonds is 11. The van der Waals surface area contributed by atoms with Crippen LogP contribution in [0.15, 0.2) is 23.3 Å². The van der Waals surface area contributed by atoms with Crippen molar-refractivity contribution in [2.45, 2.75) is 78.5 Å². The molecule has 0 heterocycles. The van der Waals surface area contributed by atoms with Gasteiger partial charge in [-0.2, -0.15) is 0 Å². The predicted molar refractivity (Wildman–Crippen MR) is 136 cm³/mol. The summed E-state index contributed by atoms with van der Waals surface area (Å²) in [7, 11) is 1.37. The lowest BCUT2D eigenvalue weighted by Crippen LogP contribution is -2.56. The second kappa shape index (κ2) is 11.8. The summed E-state index contributed by atoms with van der Waals surface area (Å²) >= 11 is 5.26. The van der Waals surface area contributed by atoms with Crippen molar-refractivity contribution in [1.82, 2.24) is 4.72 Å². The smallest absolute Gasteiger partial charge is 0.311 e. The average Bonchev–Trinajstić information content (AvgIpc) is 2.70. The number of ether oxygens (including phenoxy) is 1. The fourth-order valence-corrected chi connectivity index (χ4v) is 5.01. The molecule has 0 bridgehead atoms. The number of carbonyl (C=O) groups is 1. The molecule has 1 aromatic rings. The number of aryl methyl sites for hydroxylation is 1. The Balaban J connectivity index is 3.40. The molecule has 0 saturated heterocycles. The zero-order valence-corrected chi connectivity index (χ0v) is 22.9. The number of benzene rings is 1. The van der Waals surface area contributed by atoms with E-state index in [1.165, 1.54) is 7.11 Å². The third-order valence-electron chi connectivity index (χ3n) is 5.89. The fourth-order valence-electron chi connectivity index (χ4n) is 3.80. The maximum atomic E-state index is 13.1. The first-order chi connectivity index (χ1) is 15.1. The van der Waals surface area contributed by atoms with Crippen LogP contribution in [-0.4, -0.2) is 28.9 Å². The van der Waals surface area contributed by atoms with E-state index in [-0.39, 0.29) is 17.3 Å². The Kier molecular flexibility index (Phi) is 10.6. The van der Waals surface area contributed by atoms with Crippen molar-refractivity contribution in [2.24, 2.45) is 22.4 Å². The van der Waals surface area contributed by atoms with Crippen LogP contribution in [0.1, 0.15) is 72.9 Å². The molecule has 33 heavy (non-hydrogen) atoms. The molecule has 0 fully saturated rings. The molecule has 0 aliphatic heterocycles. The summed E-state index contributed by atoms with van der Waals surface area (Å²) in [5.74, 6) is -1.03. The molecule has 3 atom stereocenters. The van der Waals surface area contributed by atoms with Gasteiger partial charge in [-0.3, -0.25) is 4.79 Å². The molecule has 0 radical (unpaired) electrons. The minimum absolute atomic E-state index is 0.0770. The highest BCUT2D eigenvalue weighted by molar-refractivity contribution is 7.90. The van der Waals surface area contributed by atoms with Gasteiger partial charge in [-0.15, -0.1) is 4.72 Å². The highest BCUT2D eigenvalue weighted by Crippen LogP contribution is 2.39. The molecule has 7 nitrogen and oxygen atoms in total. The van der Waals surface area contributed by atoms with Crippen molar-refractivity contribution in [2.75, 3.05) is 13.7 Å². The highest BCUT2D eigenvalue weighted by atomic mass is 35.5. The van der Waals surface area contributed by atoms with Gasteiger partial charge in [0.1, 0.15) is 4.75 Å². The molecule has 1 aromatic carbocycles. The molecular formula is C24H39ClN4O3S. The summed E-state index contributed by atoms with van der Waals surface area (Å²) in [6.07, 6.45) is 1.52. The van der Waals surface area contributed by atoms with Gasteiger partial charge in [0.25, 0.3) is 0 Å². The Morgan fingerprint density at radius 3 is 2.33 bits per heavy atom. The largest absolute Gasteiger partial charge is 0.598 e. The number of esters is 1. The Morgan fingerprint density at radius 2 is 1.88 bits per heavy atom. The number of hydrogen-bond acceptors (Lipinski definition) is 5. The Morgan fingerprint density at radius 1 is 1.27 bits per heavy atom. The normalized spacial score (nSPS) is 16.0. The summed E-state index contributed by atoms with van der Waals surface area (Å²) in [5.41, 5.74) is 9.21. The second-order valence-corrected chi connectivity index (χ2v) is 13.2. The third kappa shape index (κ3) is 8.08. The summed E-state index contributed by atoms with van der Waals surface area (Å²) in [6.45, 7) is 15.9. The monoisotopic (exact) mass is 498 g/mol. The molecule has 0 saturated carbocycles. The van der Waals surface area contributed by atoms with Crippen LogP contribution in [0.2, 0.25) is 5.02 Å². The number of carbonyl (C=O) groups excluding carboxylic acids is 1. The Labute approximate surface area is 206 Å². The summed E-state index contributed by atoms with van der Waals surface area (Å²) < 4.78 is 21.0. The van der Waals surface area contributed by atoms with Crippen LogP contribution in [0.5, 0.6) is 0 Å². The minimum atomic E-state index is -1.43. The molecule has 0 spiro atoms. The molecule has 2 unspecified atom stereocenters. The van der Waals surface area contributed by atoms with Crippen molar-refractivity contribution >= 4 is 28.9 Å². The zero-order chi connectivity index (χ0) is 25.6. The number of halogens is 1. The van der Waals surface area contributed by atoms with Crippen LogP contribution in [0.3, 0.4) is 0 Å². The van der Waals surface area contributed by atoms with Gasteiger partial charge in [0.05, 0.1) is 18.6 Å². The maximum absolute atomic E-state index is 13.1. The number of nitrogens with one attached hydrogen (secondary N) is 1. The molecule has 9 heteroatoms. The van der Waals surface area contributed by atoms with Crippen molar-refractivity contribution < 1.29 is 14.1 Å². The fraction of sp³-hybridized carbons (Fsp3) is 0.708. The van der Waals surface area contributed by atoms with Crippen molar-refractivity contribution in [1.29, 1.82) is 0 Å². The van der Waals surface area contributed by atoms with Crippen LogP contribution in [0, 0.1) is 17.3 Å². The van der Waals surface area contributed by atoms with E-state index < -0.39 is 27.6 Å². The summed E-state index contributed by atoms with van der Waals surface area (Å²) in [6, 6.07) is 5.74. The quantitative estimate of drug-likeness (QED) is 0.126. The number of methoxy groups -OCH3 is 1. The standard InChI is InChI=1S/C24H39ClN4O3S/c1-16(2)20(21(30)32-9)24(8,28-33(31)22(3,4)5)18-11-10-17(19(25)14-18)12-13-23(6,7)15-27-29-26/h10-11,14,16,20,28H,12-13,15H2,1-9H3/t20?,24-,33?/m0/s1. The van der Waals surface area contributed by atoms with E-state index >= 15 is 0 Å². The SMILES string of the molecule is COC(=O)C(C(C)C)[C@@](C)(N[S+]([O-])C(C)(C)C)c1ccc(CCC(C)(C)CN=[N+]=[N-])c(Cl)c1. The number of hydrogen-bond donors (Lipinski definition) is 1. The minimum Gasteiger partial charge on any atom is -0.598 e. The summed E-state index contributed by atoms with van der Waals surface area (Å²) in [4.78, 5) is 15.7. The predicted octanol–water partition coefficient (Wildman–Crippen LogP) is 6.32. The first kappa shape index (κ1) is 29.6. The van der Waals surface area contributed by atoms with Crippen LogP contribution in [0.4, 0.5) is 0 Å². The lowest BCUT2D eigenvalue weighted by Gasteiger charge is -2.41. The molecule has 1 rings (SSSR count). The van der Waals surface area contributed by atoms with E-state index in [0.29, 0.717) is 11.6 Å². The molecule has 0 aliphatic carbocycles. The van der Waals surface area contributed by atoms with Gasteiger partial charge in [0, 0.05) is 27.8 Å². The van der Waals surface area contributed by atoms with E-state index in [0.717, 1.165) is 24.0 Å². The Hall–Kier alpha value is -1.44. The summed E-state index contributed by atoms with van der Waals surface area (Å²) in [5, 5.41) is 4.28. The van der Waals surface area contributed by atoms with Crippen molar-refractivity contribution in [3.05, 3.63) is 44.8 Å². The van der Waals surface area contributed by atoms with E-state index in [1.54, 1.807) is 0 Å². The van der Waals surface area contributed by atoms with Gasteiger partial charge in [0.15, 0.2) is 0 Å². The van der Waals surface area contributed by atoms with Gasteiger partial charge in [-0.1, -0.05) is 56.5 Å². The van der Waals surface area contributed by atoms with E-state index in [2.05, 4.69) is 28.6 Å². The molecule has 0 aliphatic rings. The van der Waals surface area contributed by atoms with E-state index in [9.17, 15) is 9.35 Å². The van der Waals surface area contributed by atoms with Gasteiger partial charge in [-0.25, -0.2) is 0 Å². The van der Waals surface area contributed by atoms with Crippen LogP contribution in [0.25, 0.3) is 10.4 Å². The third-order valence-corrected chi connectivity index (χ3v) is 7.96. The van der Waals surface area contributed by atoms with Crippen LogP contribution < -0.4 is 4.72 Å². The molecule has 1 N–H and O–H groups in total. The molecule has 0 aromatic heterocycles. The molecule has 186 valence electrons. The lowest BCUT2D eigenvalue weighted by atomic mass is 9.74. The van der Waals surface area contributed by atoms with E-state index in [1.807, 2.05) is 59.7 Å². The van der Waals surface area contributed by atoms with Gasteiger partial charge in [-0.05, 0) is 74.6 Å². The van der Waals surface area contributed by atoms with Gasteiger partial charge in [0.2, 0.25) is 0 Å². The van der Waals surface area contributed by atoms with Gasteiger partial charge >= 0.3 is 5.97 Å². The van der Waals surface area contributed by atoms with Crippen molar-refractivity contribution in [3.8, 4) is 0 Å². The Bertz CT molecular complexity index is 866. The number of azide groups is 1. The first-order valence-corrected chi connectivity index (χ1v) is 12.7. The molecular weight excluding hydrogens is 460 g/mol. The van der Waals surface area contributed by atoms with Gasteiger partial charge < -0.3 is 9.29 Å². The molecule has 0 amide bonds. The van der Waals surface area contributed by atoms with Crippen molar-refractivity contribution in [3.63, 3.8) is 0 Å². The number of nitrogens with zero attached hydrogens (tertiary/aromatic N) is 3. The zero-order valence-electron chi connectivity index (χ0n) is 21.4. The lowest BCUT2D eigenvalue weighted by molar-refractivity contribution is -0.150. The first-order valence-electron chi connectivity index (χ1n) is 11.2. The van der Waals surface area contributed by atoms with Crippen LogP contribution in [-0.2, 0) is 32.9 Å². The van der Waals surface area contributed by atoms with E-state index in [4.69, 9.17) is 21.9 Å². The maximum Gasteiger partial charge on any atom is 0.311 e. The average molecular weight is 499 g/mol.